The molecule has 1 atom stereocenters. The smallest absolute Gasteiger partial charge is 0.238 e. The SMILES string of the molecule is CC1CC=CC=C1c1nc(-c2ccccc2)nc(-n2c3ccccc3c3cc4c(cc32)c2ccccc2n4-c2nc(-c3ccccc3)nc(-c3cccc(-c4cccc(-c5cc(-c6ccccc6)nc(-n6c7ccccc7c7cc8c(cc76)c6ccccc6n8-c6nc(-c7ccccc7)cc(-c7ccccc7)n6)n5)c4)c3)n2)n1. The number of allylic oxidation sites excluding steroid dienone is 4. The predicted molar refractivity (Wildman–Crippen MR) is 456 cm³/mol. The van der Waals surface area contributed by atoms with Crippen molar-refractivity contribution >= 4 is 92.8 Å². The van der Waals surface area contributed by atoms with E-state index in [1.54, 1.807) is 0 Å². The lowest BCUT2D eigenvalue weighted by Crippen LogP contribution is -2.11. The van der Waals surface area contributed by atoms with E-state index < -0.39 is 0 Å². The zero-order valence-electron chi connectivity index (χ0n) is 61.0. The summed E-state index contributed by atoms with van der Waals surface area (Å²) in [4.78, 5) is 54.0. The molecule has 0 radical (unpaired) electrons. The van der Waals surface area contributed by atoms with E-state index in [1.807, 2.05) is 54.6 Å². The molecule has 0 bridgehead atoms. The Bertz CT molecular complexity index is 7410. The van der Waals surface area contributed by atoms with Crippen LogP contribution in [0.2, 0.25) is 0 Å². The minimum absolute atomic E-state index is 0.228. The second-order valence-corrected chi connectivity index (χ2v) is 28.8. The van der Waals surface area contributed by atoms with Gasteiger partial charge in [-0.2, -0.15) is 19.9 Å². The number of aromatic nitrogens is 14. The topological polar surface area (TPSA) is 149 Å². The molecule has 0 aliphatic heterocycles. The van der Waals surface area contributed by atoms with Crippen LogP contribution < -0.4 is 0 Å². The van der Waals surface area contributed by atoms with Gasteiger partial charge in [-0.05, 0) is 96.3 Å². The average Bonchev–Trinajstić information content (AvgIpc) is 1.56. The summed E-state index contributed by atoms with van der Waals surface area (Å²) in [7, 11) is 0. The van der Waals surface area contributed by atoms with Gasteiger partial charge in [0.2, 0.25) is 23.8 Å². The van der Waals surface area contributed by atoms with Crippen molar-refractivity contribution in [2.75, 3.05) is 0 Å². The summed E-state index contributed by atoms with van der Waals surface area (Å²) >= 11 is 0. The number of rotatable bonds is 13. The highest BCUT2D eigenvalue weighted by Crippen LogP contribution is 2.44. The van der Waals surface area contributed by atoms with Crippen molar-refractivity contribution in [2.45, 2.75) is 13.3 Å². The number of hydrogen-bond acceptors (Lipinski definition) is 10. The van der Waals surface area contributed by atoms with E-state index in [1.165, 1.54) is 0 Å². The van der Waals surface area contributed by atoms with Crippen molar-refractivity contribution in [2.24, 2.45) is 5.92 Å². The minimum atomic E-state index is 0.228. The summed E-state index contributed by atoms with van der Waals surface area (Å²) in [6, 6.07) is 116. The first kappa shape index (κ1) is 64.9. The fraction of sp³-hybridized carbons (Fsp3) is 0.0303. The summed E-state index contributed by atoms with van der Waals surface area (Å²) in [5.74, 6) is 4.74. The molecule has 0 amide bonds. The molecule has 13 aromatic carbocycles. The molecular weight excluding hydrogens is 1390 g/mol. The van der Waals surface area contributed by atoms with Crippen molar-refractivity contribution in [3.8, 4) is 114 Å². The molecular formula is C99H64N14. The van der Waals surface area contributed by atoms with Crippen LogP contribution in [0.4, 0.5) is 0 Å². The molecule has 1 unspecified atom stereocenters. The van der Waals surface area contributed by atoms with E-state index in [9.17, 15) is 0 Å². The molecule has 8 heterocycles. The summed E-state index contributed by atoms with van der Waals surface area (Å²) in [5.41, 5.74) is 20.5. The third kappa shape index (κ3) is 11.1. The van der Waals surface area contributed by atoms with Crippen LogP contribution in [0.1, 0.15) is 19.2 Å². The van der Waals surface area contributed by atoms with Crippen LogP contribution in [0, 0.1) is 5.92 Å². The minimum Gasteiger partial charge on any atom is -0.278 e. The quantitative estimate of drug-likeness (QED) is 0.109. The van der Waals surface area contributed by atoms with Crippen molar-refractivity contribution in [3.05, 3.63) is 358 Å². The molecule has 0 N–H and O–H groups in total. The Morgan fingerprint density at radius 1 is 0.221 bits per heavy atom. The van der Waals surface area contributed by atoms with Crippen LogP contribution >= 0.6 is 0 Å². The monoisotopic (exact) mass is 1450 g/mol. The molecule has 530 valence electrons. The lowest BCUT2D eigenvalue weighted by molar-refractivity contribution is 0.744. The molecule has 8 aromatic heterocycles. The molecule has 21 aromatic rings. The van der Waals surface area contributed by atoms with Gasteiger partial charge in [0.15, 0.2) is 23.3 Å². The number of fused-ring (bicyclic) bond motifs is 12. The van der Waals surface area contributed by atoms with E-state index in [4.69, 9.17) is 49.8 Å². The predicted octanol–water partition coefficient (Wildman–Crippen LogP) is 23.3. The van der Waals surface area contributed by atoms with Crippen LogP contribution in [0.15, 0.2) is 352 Å². The zero-order valence-corrected chi connectivity index (χ0v) is 61.0. The van der Waals surface area contributed by atoms with Crippen molar-refractivity contribution in [3.63, 3.8) is 0 Å². The first-order valence-electron chi connectivity index (χ1n) is 38.0. The highest BCUT2D eigenvalue weighted by Gasteiger charge is 2.27. The Hall–Kier alpha value is -15.3. The average molecular weight is 1450 g/mol. The van der Waals surface area contributed by atoms with Gasteiger partial charge in [-0.3, -0.25) is 18.3 Å². The first-order valence-corrected chi connectivity index (χ1v) is 38.0. The molecule has 1 aliphatic rings. The molecule has 14 nitrogen and oxygen atoms in total. The number of para-hydroxylation sites is 4. The highest BCUT2D eigenvalue weighted by atomic mass is 15.2. The Kier molecular flexibility index (Phi) is 15.2. The molecule has 0 spiro atoms. The molecule has 1 aliphatic carbocycles. The van der Waals surface area contributed by atoms with Crippen molar-refractivity contribution < 1.29 is 0 Å². The largest absolute Gasteiger partial charge is 0.278 e. The fourth-order valence-corrected chi connectivity index (χ4v) is 16.6. The third-order valence-corrected chi connectivity index (χ3v) is 22.0. The van der Waals surface area contributed by atoms with E-state index in [0.29, 0.717) is 47.1 Å². The summed E-state index contributed by atoms with van der Waals surface area (Å²) in [5, 5.41) is 8.36. The van der Waals surface area contributed by atoms with Gasteiger partial charge in [-0.15, -0.1) is 0 Å². The van der Waals surface area contributed by atoms with Gasteiger partial charge in [0, 0.05) is 87.6 Å². The van der Waals surface area contributed by atoms with Gasteiger partial charge in [0.05, 0.1) is 66.9 Å². The Balaban J connectivity index is 0.675. The Morgan fingerprint density at radius 2 is 0.504 bits per heavy atom. The van der Waals surface area contributed by atoms with Gasteiger partial charge in [0.25, 0.3) is 0 Å². The maximum absolute atomic E-state index is 5.63. The maximum atomic E-state index is 5.63. The normalized spacial score (nSPS) is 13.1. The summed E-state index contributed by atoms with van der Waals surface area (Å²) in [6.45, 7) is 2.23. The van der Waals surface area contributed by atoms with Gasteiger partial charge >= 0.3 is 0 Å². The Labute approximate surface area is 648 Å². The molecule has 0 saturated heterocycles. The maximum Gasteiger partial charge on any atom is 0.238 e. The van der Waals surface area contributed by atoms with E-state index in [2.05, 4.69) is 322 Å². The van der Waals surface area contributed by atoms with Crippen LogP contribution in [-0.2, 0) is 0 Å². The van der Waals surface area contributed by atoms with Crippen LogP contribution in [0.3, 0.4) is 0 Å². The molecule has 22 rings (SSSR count). The Morgan fingerprint density at radius 3 is 0.885 bits per heavy atom. The van der Waals surface area contributed by atoms with Gasteiger partial charge < -0.3 is 0 Å². The van der Waals surface area contributed by atoms with Crippen LogP contribution in [-0.4, -0.2) is 68.1 Å². The summed E-state index contributed by atoms with van der Waals surface area (Å²) < 4.78 is 8.86. The number of benzene rings is 13. The van der Waals surface area contributed by atoms with Gasteiger partial charge in [0.1, 0.15) is 0 Å². The van der Waals surface area contributed by atoms with Gasteiger partial charge in [-0.25, -0.2) is 29.9 Å². The lowest BCUT2D eigenvalue weighted by Gasteiger charge is -2.17. The number of nitrogens with zero attached hydrogens (tertiary/aromatic N) is 14. The van der Waals surface area contributed by atoms with E-state index >= 15 is 0 Å². The standard InChI is InChI=1S/C99H64N14/c1-61-29-17-18-44-71(61)95-105-93(66-38-15-6-16-39-66)107-99(109-95)113-87-52-26-22-48-75(87)79-57-90-78(58-91(79)113)74-47-21-25-51-86(74)112(90)98-106-92(65-36-13-5-14-37-65)104-94(108-98)70-43-28-41-68(54-70)67-40-27-42-69(53-67)83-60-82(64-34-11-4-12-35-64)102-97(103-83)111-85-50-24-20-46-73(85)77-55-88-76(56-89(77)111)72-45-19-23-49-84(72)110(88)96-100-80(62-30-7-2-8-31-62)59-81(101-96)63-32-9-3-10-33-63/h2-28,30-61H,29H2,1H3. The zero-order chi connectivity index (χ0) is 74.6. The second-order valence-electron chi connectivity index (χ2n) is 28.8. The molecule has 14 heteroatoms. The summed E-state index contributed by atoms with van der Waals surface area (Å²) in [6.07, 6.45) is 7.36. The van der Waals surface area contributed by atoms with Crippen LogP contribution in [0.25, 0.3) is 207 Å². The second kappa shape index (κ2) is 26.5. The lowest BCUT2D eigenvalue weighted by atomic mass is 9.93. The van der Waals surface area contributed by atoms with Crippen molar-refractivity contribution in [1.82, 2.24) is 68.1 Å². The fourth-order valence-electron chi connectivity index (χ4n) is 16.6. The third-order valence-electron chi connectivity index (χ3n) is 22.0. The number of hydrogen-bond donors (Lipinski definition) is 0. The van der Waals surface area contributed by atoms with Gasteiger partial charge in [-0.1, -0.05) is 286 Å². The van der Waals surface area contributed by atoms with E-state index in [-0.39, 0.29) is 5.92 Å². The highest BCUT2D eigenvalue weighted by molar-refractivity contribution is 6.20. The molecule has 113 heavy (non-hydrogen) atoms. The molecule has 0 saturated carbocycles. The first-order chi connectivity index (χ1) is 55.9. The van der Waals surface area contributed by atoms with Crippen molar-refractivity contribution in [1.29, 1.82) is 0 Å². The molecule has 0 fully saturated rings. The van der Waals surface area contributed by atoms with Crippen LogP contribution in [0.5, 0.6) is 0 Å². The van der Waals surface area contributed by atoms with E-state index in [0.717, 1.165) is 172 Å².